The first-order valence-corrected chi connectivity index (χ1v) is 33.1. The topological polar surface area (TPSA) is 45.7 Å². The summed E-state index contributed by atoms with van der Waals surface area (Å²) in [5.74, 6) is 0. The second-order valence-corrected chi connectivity index (χ2v) is 28.0. The molecule has 95 heavy (non-hydrogen) atoms. The predicted octanol–water partition coefficient (Wildman–Crippen LogP) is 23.2. The number of aromatic nitrogens is 1. The Kier molecular flexibility index (Phi) is 13.1. The average molecular weight is 1230 g/mol. The lowest BCUT2D eigenvalue weighted by Crippen LogP contribution is -2.28. The molecule has 17 rings (SSSR count). The molecule has 2 aliphatic rings. The molecule has 1 unspecified atom stereocenters. The predicted molar refractivity (Wildman–Crippen MR) is 399 cm³/mol. The van der Waals surface area contributed by atoms with Crippen LogP contribution >= 0.6 is 0 Å². The number of furan rings is 2. The smallest absolute Gasteiger partial charge is 0.145 e. The van der Waals surface area contributed by atoms with Gasteiger partial charge < -0.3 is 18.6 Å². The maximum absolute atomic E-state index is 7.64. The molecular formula is C90H71N3O2. The van der Waals surface area contributed by atoms with E-state index in [0.29, 0.717) is 0 Å². The van der Waals surface area contributed by atoms with Crippen molar-refractivity contribution in [1.29, 1.82) is 0 Å². The van der Waals surface area contributed by atoms with Gasteiger partial charge in [-0.15, -0.1) is 0 Å². The molecule has 15 aromatic rings. The molecule has 0 saturated carbocycles. The zero-order chi connectivity index (χ0) is 64.6. The minimum atomic E-state index is -0.997. The van der Waals surface area contributed by atoms with Gasteiger partial charge in [-0.05, 0) is 198 Å². The zero-order valence-electron chi connectivity index (χ0n) is 54.8. The third-order valence-electron chi connectivity index (χ3n) is 20.1. The number of para-hydroxylation sites is 2. The van der Waals surface area contributed by atoms with E-state index in [1.807, 2.05) is 6.07 Å². The Labute approximate surface area is 554 Å². The quantitative estimate of drug-likeness (QED) is 0.144. The van der Waals surface area contributed by atoms with E-state index in [0.717, 1.165) is 155 Å². The summed E-state index contributed by atoms with van der Waals surface area (Å²) in [7, 11) is 0. The van der Waals surface area contributed by atoms with E-state index in [1.54, 1.807) is 0 Å². The van der Waals surface area contributed by atoms with Crippen molar-refractivity contribution in [3.05, 3.63) is 322 Å². The van der Waals surface area contributed by atoms with Crippen LogP contribution in [0.5, 0.6) is 0 Å². The Balaban J connectivity index is 0.984. The second kappa shape index (κ2) is 21.7. The summed E-state index contributed by atoms with van der Waals surface area (Å²) in [4.78, 5) is 10.6. The molecule has 0 N–H and O–H groups in total. The van der Waals surface area contributed by atoms with E-state index in [2.05, 4.69) is 339 Å². The standard InChI is InChI=1S/C90H71N3O2/c1-10-57(50-61-23-12-11-21-56(61)3)59-33-41-66(42-34-59)92(68-45-37-64(38-46-68)88(4,5)6)77-52-75-83(85-81(77)71-26-16-19-29-79(71)94-85)84-76(90(75)74-28-18-15-25-70(74)73-49-55(2)54-91-87(73)90)53-78(82-72-27-17-20-30-80(72)95-86(82)84)93(69-47-39-65(40-48-69)89(7,8)9)67-43-35-60(36-44-67)63-32-31-58-22-13-14-24-62(58)51-63/h10-54H,3H2,1-2,4-9H3/b57-10+,61-50-. The van der Waals surface area contributed by atoms with Gasteiger partial charge in [-0.25, -0.2) is 0 Å². The Morgan fingerprint density at radius 1 is 0.463 bits per heavy atom. The Morgan fingerprint density at radius 3 is 1.51 bits per heavy atom. The molecule has 1 spiro atoms. The van der Waals surface area contributed by atoms with E-state index < -0.39 is 5.41 Å². The number of aryl methyl sites for hydroxylation is 1. The molecule has 458 valence electrons. The summed E-state index contributed by atoms with van der Waals surface area (Å²) < 4.78 is 15.3. The van der Waals surface area contributed by atoms with Gasteiger partial charge >= 0.3 is 0 Å². The molecule has 0 radical (unpaired) electrons. The van der Waals surface area contributed by atoms with Crippen molar-refractivity contribution >= 4 is 107 Å². The highest BCUT2D eigenvalue weighted by Gasteiger charge is 2.56. The van der Waals surface area contributed by atoms with Gasteiger partial charge in [0.15, 0.2) is 0 Å². The molecule has 0 aliphatic heterocycles. The fourth-order valence-corrected chi connectivity index (χ4v) is 15.4. The molecule has 0 bridgehead atoms. The van der Waals surface area contributed by atoms with Crippen LogP contribution in [0, 0.1) is 6.92 Å². The molecule has 5 heteroatoms. The number of allylic oxidation sites excluding steroid dienone is 2. The number of benzene rings is 12. The summed E-state index contributed by atoms with van der Waals surface area (Å²) in [6.07, 6.45) is 6.48. The van der Waals surface area contributed by atoms with Crippen molar-refractivity contribution in [1.82, 2.24) is 4.98 Å². The van der Waals surface area contributed by atoms with Crippen molar-refractivity contribution < 1.29 is 8.83 Å². The zero-order valence-corrected chi connectivity index (χ0v) is 54.8. The lowest BCUT2D eigenvalue weighted by molar-refractivity contribution is 0.590. The summed E-state index contributed by atoms with van der Waals surface area (Å²) in [6.45, 7) is 22.3. The van der Waals surface area contributed by atoms with Gasteiger partial charge in [-0.2, -0.15) is 0 Å². The molecule has 3 aromatic heterocycles. The van der Waals surface area contributed by atoms with Crippen LogP contribution < -0.4 is 20.2 Å². The molecule has 0 fully saturated rings. The molecule has 12 aromatic carbocycles. The van der Waals surface area contributed by atoms with E-state index in [9.17, 15) is 0 Å². The van der Waals surface area contributed by atoms with Gasteiger partial charge in [-0.1, -0.05) is 224 Å². The van der Waals surface area contributed by atoms with E-state index >= 15 is 0 Å². The van der Waals surface area contributed by atoms with Crippen LogP contribution in [0.4, 0.5) is 34.1 Å². The van der Waals surface area contributed by atoms with Crippen molar-refractivity contribution in [3.63, 3.8) is 0 Å². The number of pyridine rings is 1. The lowest BCUT2D eigenvalue weighted by atomic mass is 9.72. The monoisotopic (exact) mass is 1230 g/mol. The maximum Gasteiger partial charge on any atom is 0.145 e. The fraction of sp³-hybridized carbons (Fsp3) is 0.122. The van der Waals surface area contributed by atoms with Gasteiger partial charge in [0, 0.05) is 56.4 Å². The first-order valence-electron chi connectivity index (χ1n) is 33.1. The normalized spacial score (nSPS) is 14.5. The van der Waals surface area contributed by atoms with Crippen molar-refractivity contribution in [2.45, 2.75) is 71.6 Å². The van der Waals surface area contributed by atoms with E-state index in [-0.39, 0.29) is 10.8 Å². The van der Waals surface area contributed by atoms with Crippen molar-refractivity contribution in [2.24, 2.45) is 0 Å². The Bertz CT molecular complexity index is 5780. The van der Waals surface area contributed by atoms with Crippen molar-refractivity contribution in [2.75, 3.05) is 9.80 Å². The number of fused-ring (bicyclic) bond motifs is 19. The summed E-state index contributed by atoms with van der Waals surface area (Å²) in [5.41, 5.74) is 24.7. The first kappa shape index (κ1) is 57.6. The van der Waals surface area contributed by atoms with Gasteiger partial charge in [-0.3, -0.25) is 4.98 Å². The molecular weight excluding hydrogens is 1160 g/mol. The largest absolute Gasteiger partial charge is 0.455 e. The average Bonchev–Trinajstić information content (AvgIpc) is 1.49. The molecule has 0 saturated heterocycles. The lowest BCUT2D eigenvalue weighted by Gasteiger charge is -2.33. The number of rotatable bonds is 9. The molecule has 1 atom stereocenters. The summed E-state index contributed by atoms with van der Waals surface area (Å²) in [5, 5.41) is 8.57. The van der Waals surface area contributed by atoms with Crippen LogP contribution in [0.3, 0.4) is 0 Å². The number of nitrogens with zero attached hydrogens (tertiary/aromatic N) is 3. The molecule has 3 heterocycles. The molecule has 2 aliphatic carbocycles. The number of hydrogen-bond acceptors (Lipinski definition) is 5. The van der Waals surface area contributed by atoms with Crippen LogP contribution in [-0.2, 0) is 16.2 Å². The third-order valence-corrected chi connectivity index (χ3v) is 20.1. The summed E-state index contributed by atoms with van der Waals surface area (Å²) >= 11 is 0. The number of anilines is 6. The SMILES string of the molecule is C=c1cccc/c1=C/C(=C\C)c1ccc(N(c2ccc(C(C)(C)C)cc2)c2cc3c(c4oc5ccccc5c24)-c2c(cc(N(c4ccc(-c5ccc6ccccc6c5)cc4)c4ccc(C(C)(C)C)cc4)c4c2oc2ccccc24)C32c3ccccc3-c3cc(C)cnc32)cc1. The maximum atomic E-state index is 7.64. The highest BCUT2D eigenvalue weighted by atomic mass is 16.3. The van der Waals surface area contributed by atoms with Gasteiger partial charge in [0.25, 0.3) is 0 Å². The highest BCUT2D eigenvalue weighted by Crippen LogP contribution is 2.68. The van der Waals surface area contributed by atoms with Crippen LogP contribution in [0.25, 0.3) is 106 Å². The second-order valence-electron chi connectivity index (χ2n) is 28.0. The van der Waals surface area contributed by atoms with Crippen molar-refractivity contribution in [3.8, 4) is 33.4 Å². The minimum Gasteiger partial charge on any atom is -0.455 e. The number of hydrogen-bond donors (Lipinski definition) is 0. The van der Waals surface area contributed by atoms with Gasteiger partial charge in [0.05, 0.1) is 33.3 Å². The molecule has 0 amide bonds. The van der Waals surface area contributed by atoms with Crippen LogP contribution in [-0.4, -0.2) is 4.98 Å². The molecule has 5 nitrogen and oxygen atoms in total. The highest BCUT2D eigenvalue weighted by molar-refractivity contribution is 6.25. The van der Waals surface area contributed by atoms with E-state index in [4.69, 9.17) is 13.8 Å². The van der Waals surface area contributed by atoms with E-state index in [1.165, 1.54) is 27.5 Å². The van der Waals surface area contributed by atoms with Gasteiger partial charge in [0.2, 0.25) is 0 Å². The van der Waals surface area contributed by atoms with Crippen LogP contribution in [0.15, 0.2) is 276 Å². The third kappa shape index (κ3) is 9.08. The fourth-order valence-electron chi connectivity index (χ4n) is 15.4. The Hall–Kier alpha value is -11.3. The first-order chi connectivity index (χ1) is 46.1. The van der Waals surface area contributed by atoms with Crippen LogP contribution in [0.2, 0.25) is 0 Å². The van der Waals surface area contributed by atoms with Crippen LogP contribution in [0.1, 0.15) is 93.1 Å². The Morgan fingerprint density at radius 2 is 0.947 bits per heavy atom. The van der Waals surface area contributed by atoms with Gasteiger partial charge in [0.1, 0.15) is 22.3 Å². The minimum absolute atomic E-state index is 0.0659. The summed E-state index contributed by atoms with van der Waals surface area (Å²) in [6, 6.07) is 93.7.